The molecule has 122 valence electrons. The van der Waals surface area contributed by atoms with Gasteiger partial charge in [-0.2, -0.15) is 0 Å². The maximum Gasteiger partial charge on any atom is 0.265 e. The smallest absolute Gasteiger partial charge is 0.265 e. The van der Waals surface area contributed by atoms with E-state index in [2.05, 4.69) is 5.32 Å². The normalized spacial score (nSPS) is 11.5. The summed E-state index contributed by atoms with van der Waals surface area (Å²) in [5.74, 6) is 1.58. The Kier molecular flexibility index (Phi) is 5.46. The van der Waals surface area contributed by atoms with E-state index in [1.54, 1.807) is 39.3 Å². The van der Waals surface area contributed by atoms with Crippen LogP contribution < -0.4 is 19.5 Å². The van der Waals surface area contributed by atoms with Crippen molar-refractivity contribution >= 4 is 11.6 Å². The number of hydrogen-bond acceptors (Lipinski definition) is 4. The zero-order chi connectivity index (χ0) is 16.8. The molecule has 0 heterocycles. The summed E-state index contributed by atoms with van der Waals surface area (Å²) in [4.78, 5) is 12.3. The van der Waals surface area contributed by atoms with Gasteiger partial charge in [0, 0.05) is 6.07 Å². The molecule has 23 heavy (non-hydrogen) atoms. The Morgan fingerprint density at radius 3 is 2.48 bits per heavy atom. The number of rotatable bonds is 6. The molecule has 1 atom stereocenters. The SMILES string of the molecule is COc1ccc(OC)c(NC(=O)[C@@H](C)Oc2cccc(C)c2)c1. The Hall–Kier alpha value is -2.69. The molecule has 2 aromatic carbocycles. The molecule has 0 saturated heterocycles. The molecule has 0 saturated carbocycles. The lowest BCUT2D eigenvalue weighted by Crippen LogP contribution is -2.30. The maximum atomic E-state index is 12.3. The minimum atomic E-state index is -0.646. The standard InChI is InChI=1S/C18H21NO4/c1-12-6-5-7-15(10-12)23-13(2)18(20)19-16-11-14(21-3)8-9-17(16)22-4/h5-11,13H,1-4H3,(H,19,20)/t13-/m1/s1. The van der Waals surface area contributed by atoms with Crippen molar-refractivity contribution in [1.29, 1.82) is 0 Å². The second kappa shape index (κ2) is 7.54. The van der Waals surface area contributed by atoms with Gasteiger partial charge in [-0.1, -0.05) is 12.1 Å². The van der Waals surface area contributed by atoms with Gasteiger partial charge in [0.15, 0.2) is 6.10 Å². The number of methoxy groups -OCH3 is 2. The van der Waals surface area contributed by atoms with E-state index in [-0.39, 0.29) is 5.91 Å². The van der Waals surface area contributed by atoms with Crippen molar-refractivity contribution in [2.45, 2.75) is 20.0 Å². The van der Waals surface area contributed by atoms with Gasteiger partial charge >= 0.3 is 0 Å². The van der Waals surface area contributed by atoms with Crippen LogP contribution in [0.3, 0.4) is 0 Å². The molecule has 0 radical (unpaired) electrons. The third kappa shape index (κ3) is 4.39. The Balaban J connectivity index is 2.09. The van der Waals surface area contributed by atoms with Gasteiger partial charge in [0.1, 0.15) is 17.2 Å². The van der Waals surface area contributed by atoms with Crippen LogP contribution >= 0.6 is 0 Å². The highest BCUT2D eigenvalue weighted by atomic mass is 16.5. The summed E-state index contributed by atoms with van der Waals surface area (Å²) in [6.45, 7) is 3.67. The molecule has 1 amide bonds. The topological polar surface area (TPSA) is 56.8 Å². The van der Waals surface area contributed by atoms with Crippen LogP contribution in [0.5, 0.6) is 17.2 Å². The number of carbonyl (C=O) groups is 1. The molecule has 0 spiro atoms. The van der Waals surface area contributed by atoms with E-state index in [0.29, 0.717) is 22.9 Å². The molecule has 2 aromatic rings. The average molecular weight is 315 g/mol. The zero-order valence-electron chi connectivity index (χ0n) is 13.8. The van der Waals surface area contributed by atoms with Gasteiger partial charge in [-0.25, -0.2) is 0 Å². The molecular formula is C18H21NO4. The maximum absolute atomic E-state index is 12.3. The summed E-state index contributed by atoms with van der Waals surface area (Å²) in [6, 6.07) is 12.8. The fraction of sp³-hybridized carbons (Fsp3) is 0.278. The first-order valence-corrected chi connectivity index (χ1v) is 7.29. The summed E-state index contributed by atoms with van der Waals surface area (Å²) in [5.41, 5.74) is 1.61. The first-order chi connectivity index (χ1) is 11.0. The molecule has 0 aliphatic rings. The monoisotopic (exact) mass is 315 g/mol. The summed E-state index contributed by atoms with van der Waals surface area (Å²) in [5, 5.41) is 2.80. The number of benzene rings is 2. The third-order valence-corrected chi connectivity index (χ3v) is 3.34. The van der Waals surface area contributed by atoms with Gasteiger partial charge in [-0.3, -0.25) is 4.79 Å². The van der Waals surface area contributed by atoms with Crippen molar-refractivity contribution in [2.24, 2.45) is 0 Å². The van der Waals surface area contributed by atoms with Gasteiger partial charge in [-0.15, -0.1) is 0 Å². The van der Waals surface area contributed by atoms with Crippen LogP contribution in [-0.4, -0.2) is 26.2 Å². The van der Waals surface area contributed by atoms with Crippen LogP contribution in [-0.2, 0) is 4.79 Å². The van der Waals surface area contributed by atoms with Crippen LogP contribution in [0.2, 0.25) is 0 Å². The van der Waals surface area contributed by atoms with Gasteiger partial charge in [0.25, 0.3) is 5.91 Å². The van der Waals surface area contributed by atoms with E-state index >= 15 is 0 Å². The van der Waals surface area contributed by atoms with Crippen molar-refractivity contribution < 1.29 is 19.0 Å². The van der Waals surface area contributed by atoms with Crippen LogP contribution in [0.4, 0.5) is 5.69 Å². The lowest BCUT2D eigenvalue weighted by atomic mass is 10.2. The van der Waals surface area contributed by atoms with E-state index in [4.69, 9.17) is 14.2 Å². The molecule has 5 nitrogen and oxygen atoms in total. The molecule has 0 aliphatic carbocycles. The Morgan fingerprint density at radius 1 is 1.04 bits per heavy atom. The molecule has 2 rings (SSSR count). The lowest BCUT2D eigenvalue weighted by Gasteiger charge is -2.17. The fourth-order valence-corrected chi connectivity index (χ4v) is 2.09. The van der Waals surface area contributed by atoms with Crippen LogP contribution in [0.15, 0.2) is 42.5 Å². The molecule has 1 N–H and O–H groups in total. The Labute approximate surface area is 136 Å². The number of aryl methyl sites for hydroxylation is 1. The zero-order valence-corrected chi connectivity index (χ0v) is 13.8. The number of ether oxygens (including phenoxy) is 3. The summed E-state index contributed by atoms with van der Waals surface area (Å²) in [6.07, 6.45) is -0.646. The molecule has 0 fully saturated rings. The van der Waals surface area contributed by atoms with Crippen molar-refractivity contribution in [3.8, 4) is 17.2 Å². The van der Waals surface area contributed by atoms with Crippen LogP contribution in [0, 0.1) is 6.92 Å². The summed E-state index contributed by atoms with van der Waals surface area (Å²) < 4.78 is 16.1. The number of anilines is 1. The van der Waals surface area contributed by atoms with E-state index in [1.165, 1.54) is 0 Å². The van der Waals surface area contributed by atoms with Gasteiger partial charge in [0.05, 0.1) is 19.9 Å². The van der Waals surface area contributed by atoms with Crippen molar-refractivity contribution in [1.82, 2.24) is 0 Å². The van der Waals surface area contributed by atoms with E-state index in [0.717, 1.165) is 5.56 Å². The molecular weight excluding hydrogens is 294 g/mol. The summed E-state index contributed by atoms with van der Waals surface area (Å²) in [7, 11) is 3.11. The first kappa shape index (κ1) is 16.7. The predicted molar refractivity (Wildman–Crippen MR) is 89.4 cm³/mol. The van der Waals surface area contributed by atoms with Gasteiger partial charge in [0.2, 0.25) is 0 Å². The second-order valence-corrected chi connectivity index (χ2v) is 5.13. The largest absolute Gasteiger partial charge is 0.497 e. The summed E-state index contributed by atoms with van der Waals surface area (Å²) >= 11 is 0. The van der Waals surface area contributed by atoms with E-state index < -0.39 is 6.10 Å². The lowest BCUT2D eigenvalue weighted by molar-refractivity contribution is -0.122. The minimum absolute atomic E-state index is 0.266. The highest BCUT2D eigenvalue weighted by Crippen LogP contribution is 2.29. The number of carbonyl (C=O) groups excluding carboxylic acids is 1. The van der Waals surface area contributed by atoms with E-state index in [9.17, 15) is 4.79 Å². The molecule has 0 aromatic heterocycles. The second-order valence-electron chi connectivity index (χ2n) is 5.13. The number of nitrogens with one attached hydrogen (secondary N) is 1. The van der Waals surface area contributed by atoms with Crippen molar-refractivity contribution in [2.75, 3.05) is 19.5 Å². The molecule has 0 unspecified atom stereocenters. The Morgan fingerprint density at radius 2 is 1.83 bits per heavy atom. The van der Waals surface area contributed by atoms with Crippen LogP contribution in [0.25, 0.3) is 0 Å². The van der Waals surface area contributed by atoms with Gasteiger partial charge < -0.3 is 19.5 Å². The quantitative estimate of drug-likeness (QED) is 0.887. The van der Waals surface area contributed by atoms with Gasteiger partial charge in [-0.05, 0) is 43.7 Å². The van der Waals surface area contributed by atoms with Crippen molar-refractivity contribution in [3.05, 3.63) is 48.0 Å². The first-order valence-electron chi connectivity index (χ1n) is 7.29. The Bertz CT molecular complexity index is 684. The van der Waals surface area contributed by atoms with Crippen LogP contribution in [0.1, 0.15) is 12.5 Å². The minimum Gasteiger partial charge on any atom is -0.497 e. The molecule has 0 bridgehead atoms. The number of amides is 1. The third-order valence-electron chi connectivity index (χ3n) is 3.34. The predicted octanol–water partition coefficient (Wildman–Crippen LogP) is 3.42. The van der Waals surface area contributed by atoms with Crippen molar-refractivity contribution in [3.63, 3.8) is 0 Å². The molecule has 0 aliphatic heterocycles. The highest BCUT2D eigenvalue weighted by molar-refractivity contribution is 5.95. The number of hydrogen-bond donors (Lipinski definition) is 1. The average Bonchev–Trinajstić information content (AvgIpc) is 2.54. The molecule has 5 heteroatoms. The van der Waals surface area contributed by atoms with E-state index in [1.807, 2.05) is 31.2 Å². The highest BCUT2D eigenvalue weighted by Gasteiger charge is 2.17. The fourth-order valence-electron chi connectivity index (χ4n) is 2.09.